The van der Waals surface area contributed by atoms with Crippen LogP contribution in [0.15, 0.2) is 46.2 Å². The van der Waals surface area contributed by atoms with Gasteiger partial charge in [-0.1, -0.05) is 41.0 Å². The first-order valence-corrected chi connectivity index (χ1v) is 7.29. The molecule has 0 amide bonds. The van der Waals surface area contributed by atoms with Crippen LogP contribution in [0.4, 0.5) is 4.39 Å². The average Bonchev–Trinajstić information content (AvgIpc) is 2.37. The fraction of sp³-hybridized carbons (Fsp3) is 0.143. The van der Waals surface area contributed by atoms with E-state index in [-0.39, 0.29) is 5.82 Å². The SMILES string of the molecule is NCCc1ccc(Sc2cc(Cl)ccc2Cl)c(F)c1. The molecule has 1 nitrogen and oxygen atoms in total. The third kappa shape index (κ3) is 3.86. The minimum Gasteiger partial charge on any atom is -0.330 e. The predicted molar refractivity (Wildman–Crippen MR) is 79.7 cm³/mol. The van der Waals surface area contributed by atoms with Crippen molar-refractivity contribution < 1.29 is 4.39 Å². The zero-order valence-corrected chi connectivity index (χ0v) is 12.3. The molecular formula is C14H12Cl2FNS. The summed E-state index contributed by atoms with van der Waals surface area (Å²) in [4.78, 5) is 1.25. The normalized spacial score (nSPS) is 10.7. The highest BCUT2D eigenvalue weighted by Crippen LogP contribution is 2.36. The number of benzene rings is 2. The molecule has 0 aliphatic heterocycles. The minimum atomic E-state index is -0.271. The van der Waals surface area contributed by atoms with Gasteiger partial charge in [-0.25, -0.2) is 4.39 Å². The van der Waals surface area contributed by atoms with Crippen molar-refractivity contribution >= 4 is 35.0 Å². The Labute approximate surface area is 125 Å². The van der Waals surface area contributed by atoms with Crippen molar-refractivity contribution in [3.8, 4) is 0 Å². The summed E-state index contributed by atoms with van der Waals surface area (Å²) in [6.07, 6.45) is 0.666. The van der Waals surface area contributed by atoms with Gasteiger partial charge in [0.05, 0.1) is 5.02 Å². The van der Waals surface area contributed by atoms with Gasteiger partial charge in [-0.15, -0.1) is 0 Å². The van der Waals surface area contributed by atoms with E-state index in [0.717, 1.165) is 10.5 Å². The van der Waals surface area contributed by atoms with Crippen LogP contribution in [0.2, 0.25) is 10.0 Å². The van der Waals surface area contributed by atoms with Crippen molar-refractivity contribution in [1.82, 2.24) is 0 Å². The lowest BCUT2D eigenvalue weighted by Gasteiger charge is -2.07. The molecule has 2 aromatic rings. The Hall–Kier alpha value is -0.740. The molecule has 19 heavy (non-hydrogen) atoms. The quantitative estimate of drug-likeness (QED) is 0.878. The van der Waals surface area contributed by atoms with Gasteiger partial charge in [-0.05, 0) is 48.9 Å². The van der Waals surface area contributed by atoms with Gasteiger partial charge in [0.1, 0.15) is 5.82 Å². The minimum absolute atomic E-state index is 0.271. The van der Waals surface area contributed by atoms with E-state index in [1.165, 1.54) is 17.8 Å². The molecule has 0 radical (unpaired) electrons. The van der Waals surface area contributed by atoms with Crippen molar-refractivity contribution in [3.63, 3.8) is 0 Å². The molecular weight excluding hydrogens is 304 g/mol. The molecule has 0 atom stereocenters. The number of hydrogen-bond acceptors (Lipinski definition) is 2. The monoisotopic (exact) mass is 315 g/mol. The van der Waals surface area contributed by atoms with Gasteiger partial charge >= 0.3 is 0 Å². The van der Waals surface area contributed by atoms with Crippen molar-refractivity contribution in [3.05, 3.63) is 57.8 Å². The van der Waals surface area contributed by atoms with Crippen LogP contribution in [-0.4, -0.2) is 6.54 Å². The largest absolute Gasteiger partial charge is 0.330 e. The van der Waals surface area contributed by atoms with E-state index in [4.69, 9.17) is 28.9 Å². The fourth-order valence-electron chi connectivity index (χ4n) is 1.62. The van der Waals surface area contributed by atoms with Crippen LogP contribution < -0.4 is 5.73 Å². The standard InChI is InChI=1S/C14H12Cl2FNS/c15-10-2-3-11(16)14(8-10)19-13-4-1-9(5-6-18)7-12(13)17/h1-4,7-8H,5-6,18H2. The molecule has 0 fully saturated rings. The Morgan fingerprint density at radius 2 is 1.84 bits per heavy atom. The van der Waals surface area contributed by atoms with Crippen molar-refractivity contribution in [2.75, 3.05) is 6.54 Å². The van der Waals surface area contributed by atoms with Crippen LogP contribution >= 0.6 is 35.0 Å². The number of halogens is 3. The van der Waals surface area contributed by atoms with Crippen LogP contribution in [0, 0.1) is 5.82 Å². The third-order valence-electron chi connectivity index (χ3n) is 2.54. The number of rotatable bonds is 4. The van der Waals surface area contributed by atoms with Gasteiger partial charge in [-0.2, -0.15) is 0 Å². The maximum atomic E-state index is 14.0. The molecule has 0 saturated carbocycles. The molecule has 0 aliphatic rings. The highest BCUT2D eigenvalue weighted by molar-refractivity contribution is 7.99. The van der Waals surface area contributed by atoms with Crippen LogP contribution in [-0.2, 0) is 6.42 Å². The maximum Gasteiger partial charge on any atom is 0.137 e. The van der Waals surface area contributed by atoms with Crippen LogP contribution in [0.3, 0.4) is 0 Å². The second-order valence-corrected chi connectivity index (χ2v) is 5.91. The summed E-state index contributed by atoms with van der Waals surface area (Å²) in [6, 6.07) is 10.2. The van der Waals surface area contributed by atoms with Crippen molar-refractivity contribution in [2.45, 2.75) is 16.2 Å². The lowest BCUT2D eigenvalue weighted by Crippen LogP contribution is -2.02. The number of nitrogens with two attached hydrogens (primary N) is 1. The molecule has 2 N–H and O–H groups in total. The smallest absolute Gasteiger partial charge is 0.137 e. The summed E-state index contributed by atoms with van der Waals surface area (Å²) in [5, 5.41) is 1.13. The molecule has 0 aliphatic carbocycles. The molecule has 0 heterocycles. The lowest BCUT2D eigenvalue weighted by molar-refractivity contribution is 0.599. The average molecular weight is 316 g/mol. The van der Waals surface area contributed by atoms with E-state index in [0.29, 0.717) is 27.9 Å². The molecule has 0 aromatic heterocycles. The first kappa shape index (κ1) is 14.7. The summed E-state index contributed by atoms with van der Waals surface area (Å²) in [5.74, 6) is -0.271. The molecule has 0 spiro atoms. The maximum absolute atomic E-state index is 14.0. The van der Waals surface area contributed by atoms with Gasteiger partial charge in [0.25, 0.3) is 0 Å². The van der Waals surface area contributed by atoms with Gasteiger partial charge in [0.2, 0.25) is 0 Å². The predicted octanol–water partition coefficient (Wildman–Crippen LogP) is 4.78. The highest BCUT2D eigenvalue weighted by atomic mass is 35.5. The van der Waals surface area contributed by atoms with Gasteiger partial charge in [0, 0.05) is 14.8 Å². The lowest BCUT2D eigenvalue weighted by atomic mass is 10.1. The van der Waals surface area contributed by atoms with Crippen molar-refractivity contribution in [1.29, 1.82) is 0 Å². The zero-order valence-electron chi connectivity index (χ0n) is 10.00. The molecule has 5 heteroatoms. The fourth-order valence-corrected chi connectivity index (χ4v) is 2.97. The van der Waals surface area contributed by atoms with Crippen LogP contribution in [0.5, 0.6) is 0 Å². The summed E-state index contributed by atoms with van der Waals surface area (Å²) < 4.78 is 14.0. The molecule has 0 unspecified atom stereocenters. The summed E-state index contributed by atoms with van der Waals surface area (Å²) >= 11 is 13.2. The Balaban J connectivity index is 2.25. The first-order valence-electron chi connectivity index (χ1n) is 5.71. The van der Waals surface area contributed by atoms with Gasteiger partial charge < -0.3 is 5.73 Å². The molecule has 100 valence electrons. The van der Waals surface area contributed by atoms with E-state index < -0.39 is 0 Å². The Morgan fingerprint density at radius 1 is 1.05 bits per heavy atom. The molecule has 2 rings (SSSR count). The van der Waals surface area contributed by atoms with Crippen LogP contribution in [0.1, 0.15) is 5.56 Å². The highest BCUT2D eigenvalue weighted by Gasteiger charge is 2.09. The van der Waals surface area contributed by atoms with Gasteiger partial charge in [0.15, 0.2) is 0 Å². The van der Waals surface area contributed by atoms with E-state index in [2.05, 4.69) is 0 Å². The van der Waals surface area contributed by atoms with Gasteiger partial charge in [-0.3, -0.25) is 0 Å². The summed E-state index contributed by atoms with van der Waals surface area (Å²) in [6.45, 7) is 0.506. The Morgan fingerprint density at radius 3 is 2.53 bits per heavy atom. The second-order valence-electron chi connectivity index (χ2n) is 3.98. The van der Waals surface area contributed by atoms with E-state index in [1.54, 1.807) is 24.3 Å². The second kappa shape index (κ2) is 6.62. The van der Waals surface area contributed by atoms with E-state index >= 15 is 0 Å². The Kier molecular flexibility index (Phi) is 5.11. The van der Waals surface area contributed by atoms with E-state index in [1.807, 2.05) is 6.07 Å². The van der Waals surface area contributed by atoms with Crippen molar-refractivity contribution in [2.24, 2.45) is 5.73 Å². The van der Waals surface area contributed by atoms with Crippen LogP contribution in [0.25, 0.3) is 0 Å². The molecule has 2 aromatic carbocycles. The summed E-state index contributed by atoms with van der Waals surface area (Å²) in [7, 11) is 0. The number of hydrogen-bond donors (Lipinski definition) is 1. The van der Waals surface area contributed by atoms with E-state index in [9.17, 15) is 4.39 Å². The topological polar surface area (TPSA) is 26.0 Å². The third-order valence-corrected chi connectivity index (χ3v) is 4.33. The first-order chi connectivity index (χ1) is 9.10. The molecule has 0 saturated heterocycles. The Bertz CT molecular complexity index is 590. The zero-order chi connectivity index (χ0) is 13.8. The summed E-state index contributed by atoms with van der Waals surface area (Å²) in [5.41, 5.74) is 6.34. The molecule has 0 bridgehead atoms.